The molecule has 0 fully saturated rings. The summed E-state index contributed by atoms with van der Waals surface area (Å²) in [5, 5.41) is 12.0. The Morgan fingerprint density at radius 3 is 2.67 bits per heavy atom. The van der Waals surface area contributed by atoms with Gasteiger partial charge in [-0.25, -0.2) is 0 Å². The minimum atomic E-state index is 0.229. The number of nitrogens with two attached hydrogens (primary N) is 2. The number of aliphatic hydroxyl groups is 1. The average Bonchev–Trinajstić information content (AvgIpc) is 2.20. The molecule has 0 bridgehead atoms. The first-order chi connectivity index (χ1) is 7.13. The normalized spacial score (nSPS) is 12.4. The maximum atomic E-state index is 8.75. The quantitative estimate of drug-likeness (QED) is 0.550. The van der Waals surface area contributed by atoms with Gasteiger partial charge in [-0.1, -0.05) is 6.92 Å². The predicted molar refractivity (Wildman–Crippen MR) is 64.6 cm³/mol. The molecule has 1 unspecified atom stereocenters. The molecule has 1 rings (SSSR count). The van der Waals surface area contributed by atoms with Crippen LogP contribution < -0.4 is 16.8 Å². The molecule has 15 heavy (non-hydrogen) atoms. The lowest BCUT2D eigenvalue weighted by molar-refractivity contribution is 0.266. The largest absolute Gasteiger partial charge is 0.397 e. The van der Waals surface area contributed by atoms with E-state index in [2.05, 4.69) is 12.2 Å². The van der Waals surface area contributed by atoms with Gasteiger partial charge in [0, 0.05) is 18.8 Å². The number of nitrogen functional groups attached to an aromatic ring is 2. The minimum absolute atomic E-state index is 0.229. The second-order valence-electron chi connectivity index (χ2n) is 3.84. The lowest BCUT2D eigenvalue weighted by Gasteiger charge is -2.13. The monoisotopic (exact) mass is 209 g/mol. The van der Waals surface area contributed by atoms with Crippen molar-refractivity contribution >= 4 is 17.1 Å². The molecule has 0 heterocycles. The van der Waals surface area contributed by atoms with Gasteiger partial charge in [0.1, 0.15) is 0 Å². The number of benzene rings is 1. The molecule has 84 valence electrons. The summed E-state index contributed by atoms with van der Waals surface area (Å²) in [7, 11) is 0. The first-order valence-corrected chi connectivity index (χ1v) is 5.13. The second-order valence-corrected chi connectivity index (χ2v) is 3.84. The van der Waals surface area contributed by atoms with E-state index in [1.54, 1.807) is 6.07 Å². The molecule has 1 aromatic rings. The topological polar surface area (TPSA) is 84.3 Å². The highest BCUT2D eigenvalue weighted by molar-refractivity contribution is 5.69. The van der Waals surface area contributed by atoms with Crippen molar-refractivity contribution in [2.24, 2.45) is 5.92 Å². The third-order valence-corrected chi connectivity index (χ3v) is 2.36. The fourth-order valence-corrected chi connectivity index (χ4v) is 1.30. The molecule has 0 aliphatic rings. The van der Waals surface area contributed by atoms with Crippen LogP contribution in [0.5, 0.6) is 0 Å². The number of aliphatic hydroxyl groups excluding tert-OH is 1. The summed E-state index contributed by atoms with van der Waals surface area (Å²) >= 11 is 0. The third kappa shape index (κ3) is 3.67. The Bertz CT molecular complexity index is 315. The molecule has 0 radical (unpaired) electrons. The van der Waals surface area contributed by atoms with Gasteiger partial charge in [-0.15, -0.1) is 0 Å². The van der Waals surface area contributed by atoms with Crippen LogP contribution in [0, 0.1) is 5.92 Å². The van der Waals surface area contributed by atoms with E-state index >= 15 is 0 Å². The Morgan fingerprint density at radius 1 is 1.33 bits per heavy atom. The molecule has 0 spiro atoms. The van der Waals surface area contributed by atoms with E-state index in [-0.39, 0.29) is 6.61 Å². The maximum absolute atomic E-state index is 8.75. The average molecular weight is 209 g/mol. The van der Waals surface area contributed by atoms with Crippen molar-refractivity contribution in [3.05, 3.63) is 18.2 Å². The predicted octanol–water partition coefficient (Wildman–Crippen LogP) is 1.28. The Hall–Kier alpha value is -1.42. The highest BCUT2D eigenvalue weighted by Crippen LogP contribution is 2.19. The maximum Gasteiger partial charge on any atom is 0.0568 e. The summed E-state index contributed by atoms with van der Waals surface area (Å²) in [4.78, 5) is 0. The lowest BCUT2D eigenvalue weighted by atomic mass is 10.1. The van der Waals surface area contributed by atoms with E-state index in [1.165, 1.54) is 0 Å². The van der Waals surface area contributed by atoms with E-state index in [0.29, 0.717) is 17.3 Å². The minimum Gasteiger partial charge on any atom is -0.397 e. The van der Waals surface area contributed by atoms with Crippen molar-refractivity contribution in [2.45, 2.75) is 13.3 Å². The molecule has 6 N–H and O–H groups in total. The summed E-state index contributed by atoms with van der Waals surface area (Å²) in [5.74, 6) is 0.439. The highest BCUT2D eigenvalue weighted by Gasteiger charge is 2.01. The molecular weight excluding hydrogens is 190 g/mol. The Kier molecular flexibility index (Phi) is 4.24. The van der Waals surface area contributed by atoms with Gasteiger partial charge in [0.05, 0.1) is 11.4 Å². The van der Waals surface area contributed by atoms with Crippen molar-refractivity contribution in [1.29, 1.82) is 0 Å². The number of nitrogens with one attached hydrogen (secondary N) is 1. The molecular formula is C11H19N3O. The van der Waals surface area contributed by atoms with Gasteiger partial charge in [-0.3, -0.25) is 0 Å². The van der Waals surface area contributed by atoms with E-state index in [9.17, 15) is 0 Å². The number of hydrogen-bond donors (Lipinski definition) is 4. The van der Waals surface area contributed by atoms with Crippen LogP contribution in [0.3, 0.4) is 0 Å². The SMILES string of the molecule is CC(CCO)CNc1ccc(N)c(N)c1. The molecule has 4 heteroatoms. The van der Waals surface area contributed by atoms with Crippen LogP contribution >= 0.6 is 0 Å². The van der Waals surface area contributed by atoms with E-state index in [0.717, 1.165) is 18.7 Å². The van der Waals surface area contributed by atoms with Gasteiger partial charge in [-0.05, 0) is 30.5 Å². The van der Waals surface area contributed by atoms with Crippen LogP contribution in [0.2, 0.25) is 0 Å². The summed E-state index contributed by atoms with van der Waals surface area (Å²) in [6, 6.07) is 5.51. The fourth-order valence-electron chi connectivity index (χ4n) is 1.30. The smallest absolute Gasteiger partial charge is 0.0568 e. The highest BCUT2D eigenvalue weighted by atomic mass is 16.3. The van der Waals surface area contributed by atoms with E-state index in [1.807, 2.05) is 12.1 Å². The summed E-state index contributed by atoms with van der Waals surface area (Å²) in [5.41, 5.74) is 13.4. The van der Waals surface area contributed by atoms with Gasteiger partial charge in [0.2, 0.25) is 0 Å². The zero-order valence-electron chi connectivity index (χ0n) is 9.03. The van der Waals surface area contributed by atoms with Gasteiger partial charge in [0.25, 0.3) is 0 Å². The van der Waals surface area contributed by atoms with Gasteiger partial charge in [-0.2, -0.15) is 0 Å². The molecule has 0 saturated heterocycles. The first-order valence-electron chi connectivity index (χ1n) is 5.13. The zero-order valence-corrected chi connectivity index (χ0v) is 9.03. The van der Waals surface area contributed by atoms with Crippen molar-refractivity contribution in [2.75, 3.05) is 29.9 Å². The van der Waals surface area contributed by atoms with Crippen LogP contribution in [0.25, 0.3) is 0 Å². The fraction of sp³-hybridized carbons (Fsp3) is 0.455. The van der Waals surface area contributed by atoms with E-state index in [4.69, 9.17) is 16.6 Å². The Labute approximate surface area is 90.3 Å². The van der Waals surface area contributed by atoms with Crippen LogP contribution in [-0.2, 0) is 0 Å². The molecule has 0 amide bonds. The van der Waals surface area contributed by atoms with Gasteiger partial charge < -0.3 is 21.9 Å². The van der Waals surface area contributed by atoms with Crippen LogP contribution in [0.4, 0.5) is 17.1 Å². The molecule has 4 nitrogen and oxygen atoms in total. The second kappa shape index (κ2) is 5.46. The number of anilines is 3. The molecule has 1 atom stereocenters. The number of rotatable bonds is 5. The molecule has 0 aliphatic carbocycles. The van der Waals surface area contributed by atoms with Gasteiger partial charge in [0.15, 0.2) is 0 Å². The number of hydrogen-bond acceptors (Lipinski definition) is 4. The molecule has 0 aromatic heterocycles. The van der Waals surface area contributed by atoms with Crippen LogP contribution in [0.15, 0.2) is 18.2 Å². The van der Waals surface area contributed by atoms with Crippen molar-refractivity contribution in [3.63, 3.8) is 0 Å². The van der Waals surface area contributed by atoms with Crippen LogP contribution in [0.1, 0.15) is 13.3 Å². The van der Waals surface area contributed by atoms with Crippen molar-refractivity contribution in [3.8, 4) is 0 Å². The van der Waals surface area contributed by atoms with Crippen molar-refractivity contribution < 1.29 is 5.11 Å². The summed E-state index contributed by atoms with van der Waals surface area (Å²) < 4.78 is 0. The zero-order chi connectivity index (χ0) is 11.3. The molecule has 0 saturated carbocycles. The Morgan fingerprint density at radius 2 is 2.07 bits per heavy atom. The summed E-state index contributed by atoms with van der Waals surface area (Å²) in [6.45, 7) is 3.14. The Balaban J connectivity index is 2.47. The standard InChI is InChI=1S/C11H19N3O/c1-8(4-5-15)7-14-9-2-3-10(12)11(13)6-9/h2-3,6,8,14-15H,4-5,7,12-13H2,1H3. The molecule has 1 aromatic carbocycles. The van der Waals surface area contributed by atoms with Gasteiger partial charge >= 0.3 is 0 Å². The molecule has 0 aliphatic heterocycles. The summed E-state index contributed by atoms with van der Waals surface area (Å²) in [6.07, 6.45) is 0.803. The third-order valence-electron chi connectivity index (χ3n) is 2.36. The van der Waals surface area contributed by atoms with E-state index < -0.39 is 0 Å². The first kappa shape index (κ1) is 11.7. The van der Waals surface area contributed by atoms with Crippen molar-refractivity contribution in [1.82, 2.24) is 0 Å². The van der Waals surface area contributed by atoms with Crippen LogP contribution in [-0.4, -0.2) is 18.3 Å². The lowest BCUT2D eigenvalue weighted by Crippen LogP contribution is -2.12.